The molecule has 0 bridgehead atoms. The van der Waals surface area contributed by atoms with Crippen molar-refractivity contribution in [3.05, 3.63) is 23.8 Å². The number of aliphatic imine (C=N–C) groups is 1. The van der Waals surface area contributed by atoms with Crippen LogP contribution < -0.4 is 31.6 Å². The van der Waals surface area contributed by atoms with Gasteiger partial charge in [-0.1, -0.05) is 6.07 Å². The number of nitrogens with two attached hydrogens (primary N) is 2. The molecule has 0 radical (unpaired) electrons. The molecule has 12 heteroatoms. The lowest BCUT2D eigenvalue weighted by atomic mass is 10.1. The summed E-state index contributed by atoms with van der Waals surface area (Å²) >= 11 is 0. The van der Waals surface area contributed by atoms with Gasteiger partial charge in [0, 0.05) is 6.54 Å². The summed E-state index contributed by atoms with van der Waals surface area (Å²) in [4.78, 5) is 40.6. The fourth-order valence-electron chi connectivity index (χ4n) is 2.72. The molecule has 1 rings (SSSR count). The molecule has 31 heavy (non-hydrogen) atoms. The SMILES string of the molecule is COc1cccc(C(=O)N[C@@H](CCCN=C(N)N)C(=O)N[C@H](C(=O)O)C(C)O)c1OC. The predicted octanol–water partition coefficient (Wildman–Crippen LogP) is -1.19. The first-order chi connectivity index (χ1) is 14.6. The van der Waals surface area contributed by atoms with Gasteiger partial charge in [0.05, 0.1) is 25.9 Å². The van der Waals surface area contributed by atoms with E-state index in [0.717, 1.165) is 0 Å². The summed E-state index contributed by atoms with van der Waals surface area (Å²) in [6, 6.07) is 2.00. The van der Waals surface area contributed by atoms with Gasteiger partial charge in [-0.05, 0) is 31.9 Å². The topological polar surface area (TPSA) is 199 Å². The number of carbonyl (C=O) groups is 3. The Morgan fingerprint density at radius 3 is 2.35 bits per heavy atom. The van der Waals surface area contributed by atoms with Crippen molar-refractivity contribution in [2.24, 2.45) is 16.5 Å². The number of ether oxygens (including phenoxy) is 2. The summed E-state index contributed by atoms with van der Waals surface area (Å²) < 4.78 is 10.4. The number of hydrogen-bond donors (Lipinski definition) is 6. The number of aliphatic hydroxyl groups excluding tert-OH is 1. The van der Waals surface area contributed by atoms with Crippen molar-refractivity contribution in [3.63, 3.8) is 0 Å². The van der Waals surface area contributed by atoms with Crippen molar-refractivity contribution >= 4 is 23.7 Å². The number of nitrogens with one attached hydrogen (secondary N) is 2. The Bertz CT molecular complexity index is 809. The first kappa shape index (κ1) is 25.5. The number of guanidine groups is 1. The van der Waals surface area contributed by atoms with E-state index in [0.29, 0.717) is 12.2 Å². The van der Waals surface area contributed by atoms with E-state index >= 15 is 0 Å². The van der Waals surface area contributed by atoms with Crippen molar-refractivity contribution < 1.29 is 34.1 Å². The Hall–Kier alpha value is -3.54. The number of carbonyl (C=O) groups excluding carboxylic acids is 2. The Morgan fingerprint density at radius 2 is 1.84 bits per heavy atom. The van der Waals surface area contributed by atoms with E-state index < -0.39 is 36.0 Å². The van der Waals surface area contributed by atoms with Crippen LogP contribution in [0.4, 0.5) is 0 Å². The largest absolute Gasteiger partial charge is 0.493 e. The van der Waals surface area contributed by atoms with Crippen LogP contribution in [-0.4, -0.2) is 72.9 Å². The Balaban J connectivity index is 3.08. The molecule has 2 amide bonds. The summed E-state index contributed by atoms with van der Waals surface area (Å²) in [5.74, 6) is -2.46. The number of rotatable bonds is 12. The van der Waals surface area contributed by atoms with E-state index in [1.165, 1.54) is 27.2 Å². The maximum absolute atomic E-state index is 12.8. The van der Waals surface area contributed by atoms with Crippen molar-refractivity contribution in [2.45, 2.75) is 38.0 Å². The van der Waals surface area contributed by atoms with Crippen molar-refractivity contribution in [3.8, 4) is 11.5 Å². The molecule has 0 aliphatic carbocycles. The zero-order valence-corrected chi connectivity index (χ0v) is 17.6. The number of aliphatic carboxylic acids is 1. The fourth-order valence-corrected chi connectivity index (χ4v) is 2.72. The lowest BCUT2D eigenvalue weighted by Crippen LogP contribution is -2.54. The predicted molar refractivity (Wildman–Crippen MR) is 112 cm³/mol. The van der Waals surface area contributed by atoms with Gasteiger partial charge < -0.3 is 41.8 Å². The van der Waals surface area contributed by atoms with E-state index in [9.17, 15) is 24.6 Å². The van der Waals surface area contributed by atoms with Crippen LogP contribution in [0.2, 0.25) is 0 Å². The zero-order chi connectivity index (χ0) is 23.6. The molecule has 0 saturated carbocycles. The second-order valence-corrected chi connectivity index (χ2v) is 6.58. The summed E-state index contributed by atoms with van der Waals surface area (Å²) in [7, 11) is 2.79. The zero-order valence-electron chi connectivity index (χ0n) is 17.6. The van der Waals surface area contributed by atoms with Gasteiger partial charge in [0.25, 0.3) is 5.91 Å². The lowest BCUT2D eigenvalue weighted by Gasteiger charge is -2.23. The molecule has 0 aliphatic heterocycles. The minimum Gasteiger partial charge on any atom is -0.493 e. The Kier molecular flexibility index (Phi) is 10.1. The quantitative estimate of drug-likeness (QED) is 0.132. The first-order valence-electron chi connectivity index (χ1n) is 9.40. The highest BCUT2D eigenvalue weighted by Crippen LogP contribution is 2.30. The molecule has 172 valence electrons. The molecule has 1 aromatic rings. The molecular formula is C19H29N5O7. The van der Waals surface area contributed by atoms with Crippen molar-refractivity contribution in [1.82, 2.24) is 10.6 Å². The minimum atomic E-state index is -1.55. The van der Waals surface area contributed by atoms with Gasteiger partial charge in [0.2, 0.25) is 5.91 Å². The molecule has 0 fully saturated rings. The highest BCUT2D eigenvalue weighted by atomic mass is 16.5. The third kappa shape index (κ3) is 7.66. The Morgan fingerprint density at radius 1 is 1.16 bits per heavy atom. The van der Waals surface area contributed by atoms with Gasteiger partial charge in [-0.15, -0.1) is 0 Å². The maximum Gasteiger partial charge on any atom is 0.328 e. The highest BCUT2D eigenvalue weighted by molar-refractivity contribution is 6.00. The smallest absolute Gasteiger partial charge is 0.328 e. The first-order valence-corrected chi connectivity index (χ1v) is 9.40. The molecule has 1 aromatic carbocycles. The monoisotopic (exact) mass is 439 g/mol. The number of para-hydroxylation sites is 1. The van der Waals surface area contributed by atoms with Gasteiger partial charge >= 0.3 is 5.97 Å². The molecule has 3 atom stereocenters. The van der Waals surface area contributed by atoms with Gasteiger partial charge in [-0.25, -0.2) is 4.79 Å². The normalized spacial score (nSPS) is 13.3. The number of carboxylic acids is 1. The maximum atomic E-state index is 12.8. The van der Waals surface area contributed by atoms with Gasteiger partial charge in [-0.2, -0.15) is 0 Å². The third-order valence-electron chi connectivity index (χ3n) is 4.26. The number of hydrogen-bond acceptors (Lipinski definition) is 7. The van der Waals surface area contributed by atoms with Crippen molar-refractivity contribution in [1.29, 1.82) is 0 Å². The molecule has 12 nitrogen and oxygen atoms in total. The average Bonchev–Trinajstić information content (AvgIpc) is 2.72. The van der Waals surface area contributed by atoms with Gasteiger partial charge in [0.1, 0.15) is 6.04 Å². The standard InChI is InChI=1S/C19H29N5O7/c1-10(25)14(18(28)29)24-17(27)12(7-5-9-22-19(20)21)23-16(26)11-6-4-8-13(30-2)15(11)31-3/h4,6,8,10,12,14,25H,5,7,9H2,1-3H3,(H,23,26)(H,24,27)(H,28,29)(H4,20,21,22)/t10?,12-,14-/m0/s1. The van der Waals surface area contributed by atoms with E-state index in [4.69, 9.17) is 20.9 Å². The van der Waals surface area contributed by atoms with Crippen LogP contribution in [0.1, 0.15) is 30.1 Å². The van der Waals surface area contributed by atoms with Crippen LogP contribution in [0.5, 0.6) is 11.5 Å². The average molecular weight is 439 g/mol. The molecule has 0 spiro atoms. The highest BCUT2D eigenvalue weighted by Gasteiger charge is 2.30. The van der Waals surface area contributed by atoms with E-state index in [1.54, 1.807) is 12.1 Å². The van der Waals surface area contributed by atoms with Crippen LogP contribution in [0.15, 0.2) is 23.2 Å². The summed E-state index contributed by atoms with van der Waals surface area (Å²) in [6.07, 6.45) is -0.928. The van der Waals surface area contributed by atoms with Gasteiger partial charge in [-0.3, -0.25) is 14.6 Å². The van der Waals surface area contributed by atoms with Crippen LogP contribution in [0.3, 0.4) is 0 Å². The van der Waals surface area contributed by atoms with E-state index in [1.807, 2.05) is 0 Å². The molecule has 1 unspecified atom stereocenters. The number of nitrogens with zero attached hydrogens (tertiary/aromatic N) is 1. The fraction of sp³-hybridized carbons (Fsp3) is 0.474. The molecular weight excluding hydrogens is 410 g/mol. The number of aliphatic hydroxyl groups is 1. The molecule has 0 heterocycles. The number of benzene rings is 1. The number of methoxy groups -OCH3 is 2. The third-order valence-corrected chi connectivity index (χ3v) is 4.26. The molecule has 8 N–H and O–H groups in total. The minimum absolute atomic E-state index is 0.104. The molecule has 0 aliphatic rings. The van der Waals surface area contributed by atoms with Gasteiger partial charge in [0.15, 0.2) is 23.5 Å². The lowest BCUT2D eigenvalue weighted by molar-refractivity contribution is -0.145. The van der Waals surface area contributed by atoms with E-state index in [-0.39, 0.29) is 30.2 Å². The molecule has 0 aromatic heterocycles. The van der Waals surface area contributed by atoms with E-state index in [2.05, 4.69) is 15.6 Å². The Labute approximate surface area is 179 Å². The van der Waals surface area contributed by atoms with Crippen LogP contribution in [-0.2, 0) is 9.59 Å². The van der Waals surface area contributed by atoms with Crippen LogP contribution in [0, 0.1) is 0 Å². The number of carboxylic acid groups (broad SMARTS) is 1. The summed E-state index contributed by atoms with van der Waals surface area (Å²) in [6.45, 7) is 1.43. The van der Waals surface area contributed by atoms with Crippen LogP contribution in [0.25, 0.3) is 0 Å². The number of amides is 2. The van der Waals surface area contributed by atoms with Crippen LogP contribution >= 0.6 is 0 Å². The second-order valence-electron chi connectivity index (χ2n) is 6.58. The van der Waals surface area contributed by atoms with Crippen molar-refractivity contribution in [2.75, 3.05) is 20.8 Å². The summed E-state index contributed by atoms with van der Waals surface area (Å²) in [5, 5.41) is 23.6. The molecule has 0 saturated heterocycles. The second kappa shape index (κ2) is 12.2. The summed E-state index contributed by atoms with van der Waals surface area (Å²) in [5.41, 5.74) is 10.7.